The largest absolute Gasteiger partial charge is 0.292 e. The van der Waals surface area contributed by atoms with Gasteiger partial charge in [-0.15, -0.1) is 0 Å². The first-order chi connectivity index (χ1) is 5.88. The molecule has 1 unspecified atom stereocenters. The van der Waals surface area contributed by atoms with Gasteiger partial charge in [-0.3, -0.25) is 4.79 Å². The lowest BCUT2D eigenvalue weighted by molar-refractivity contribution is -0.115. The van der Waals surface area contributed by atoms with Gasteiger partial charge in [-0.1, -0.05) is 12.8 Å². The third kappa shape index (κ3) is 1.31. The highest BCUT2D eigenvalue weighted by Gasteiger charge is 2.29. The van der Waals surface area contributed by atoms with Crippen molar-refractivity contribution in [2.75, 3.05) is 0 Å². The lowest BCUT2D eigenvalue weighted by Crippen LogP contribution is -2.26. The third-order valence-electron chi connectivity index (χ3n) is 2.72. The fraction of sp³-hybridized carbons (Fsp3) is 0.667. The molecule has 1 heterocycles. The van der Waals surface area contributed by atoms with Crippen molar-refractivity contribution in [3.63, 3.8) is 0 Å². The second kappa shape index (κ2) is 3.17. The van der Waals surface area contributed by atoms with E-state index in [9.17, 15) is 4.79 Å². The van der Waals surface area contributed by atoms with E-state index in [0.717, 1.165) is 0 Å². The second-order valence-corrected chi connectivity index (χ2v) is 3.48. The monoisotopic (exact) mass is 164 g/mol. The van der Waals surface area contributed by atoms with Crippen LogP contribution in [0.15, 0.2) is 10.2 Å². The maximum atomic E-state index is 11.3. The van der Waals surface area contributed by atoms with Gasteiger partial charge in [-0.2, -0.15) is 10.2 Å². The summed E-state index contributed by atoms with van der Waals surface area (Å²) in [6.07, 6.45) is 7.94. The number of carbonyl (C=O) groups is 1. The van der Waals surface area contributed by atoms with E-state index in [1.807, 2.05) is 0 Å². The fourth-order valence-electron chi connectivity index (χ4n) is 2.03. The Morgan fingerprint density at radius 1 is 1.25 bits per heavy atom. The van der Waals surface area contributed by atoms with Gasteiger partial charge < -0.3 is 0 Å². The van der Waals surface area contributed by atoms with Crippen molar-refractivity contribution in [3.05, 3.63) is 0 Å². The summed E-state index contributed by atoms with van der Waals surface area (Å²) in [5, 5.41) is 7.35. The Bertz CT molecular complexity index is 239. The van der Waals surface area contributed by atoms with Gasteiger partial charge in [0.15, 0.2) is 5.78 Å². The van der Waals surface area contributed by atoms with E-state index in [-0.39, 0.29) is 11.7 Å². The van der Waals surface area contributed by atoms with Gasteiger partial charge in [0.1, 0.15) is 0 Å². The van der Waals surface area contributed by atoms with Crippen LogP contribution in [0.25, 0.3) is 0 Å². The molecule has 1 atom stereocenters. The minimum absolute atomic E-state index is 0.0324. The Labute approximate surface area is 71.6 Å². The normalized spacial score (nSPS) is 30.0. The Hall–Kier alpha value is -0.990. The lowest BCUT2D eigenvalue weighted by atomic mass is 9.88. The minimum Gasteiger partial charge on any atom is -0.292 e. The fourth-order valence-corrected chi connectivity index (χ4v) is 2.03. The van der Waals surface area contributed by atoms with Crippen molar-refractivity contribution in [2.24, 2.45) is 22.0 Å². The molecule has 0 radical (unpaired) electrons. The Kier molecular flexibility index (Phi) is 2.02. The third-order valence-corrected chi connectivity index (χ3v) is 2.72. The summed E-state index contributed by atoms with van der Waals surface area (Å²) in [7, 11) is 0. The molecule has 0 spiro atoms. The van der Waals surface area contributed by atoms with Gasteiger partial charge in [0, 0.05) is 6.21 Å². The van der Waals surface area contributed by atoms with E-state index in [4.69, 9.17) is 0 Å². The molecule has 3 nitrogen and oxygen atoms in total. The summed E-state index contributed by atoms with van der Waals surface area (Å²) in [5.41, 5.74) is 0. The van der Waals surface area contributed by atoms with Crippen LogP contribution in [0.4, 0.5) is 0 Å². The number of ketones is 1. The van der Waals surface area contributed by atoms with Crippen LogP contribution in [0.3, 0.4) is 0 Å². The molecule has 1 aliphatic carbocycles. The number of carbonyl (C=O) groups excluding carboxylic acids is 1. The van der Waals surface area contributed by atoms with Crippen LogP contribution in [-0.2, 0) is 4.79 Å². The summed E-state index contributed by atoms with van der Waals surface area (Å²) in [6.45, 7) is 0. The quantitative estimate of drug-likeness (QED) is 0.578. The summed E-state index contributed by atoms with van der Waals surface area (Å²) in [5.74, 6) is 0.704. The molecule has 1 saturated carbocycles. The Balaban J connectivity index is 2.07. The summed E-state index contributed by atoms with van der Waals surface area (Å²) in [6, 6.07) is 0. The number of nitrogens with zero attached hydrogens (tertiary/aromatic N) is 2. The summed E-state index contributed by atoms with van der Waals surface area (Å²) < 4.78 is 0. The van der Waals surface area contributed by atoms with Crippen LogP contribution in [0.2, 0.25) is 0 Å². The molecule has 0 amide bonds. The van der Waals surface area contributed by atoms with E-state index in [0.29, 0.717) is 5.92 Å². The van der Waals surface area contributed by atoms with E-state index < -0.39 is 0 Å². The molecule has 0 aromatic heterocycles. The molecule has 12 heavy (non-hydrogen) atoms. The summed E-state index contributed by atoms with van der Waals surface area (Å²) in [4.78, 5) is 11.3. The van der Waals surface area contributed by atoms with Gasteiger partial charge in [0.25, 0.3) is 0 Å². The second-order valence-electron chi connectivity index (χ2n) is 3.48. The zero-order valence-electron chi connectivity index (χ0n) is 6.94. The van der Waals surface area contributed by atoms with Crippen molar-refractivity contribution in [1.29, 1.82) is 0 Å². The van der Waals surface area contributed by atoms with E-state index in [1.165, 1.54) is 31.9 Å². The SMILES string of the molecule is O=C1C=NN=CC1C1CCCC1. The molecule has 1 aliphatic heterocycles. The maximum Gasteiger partial charge on any atom is 0.184 e. The minimum atomic E-state index is 0.0324. The van der Waals surface area contributed by atoms with Gasteiger partial charge in [0.2, 0.25) is 0 Å². The molecule has 1 fully saturated rings. The first kappa shape index (κ1) is 7.65. The number of Topliss-reactive ketones (excluding diaryl/α,β-unsaturated/α-hetero) is 1. The van der Waals surface area contributed by atoms with Crippen LogP contribution in [-0.4, -0.2) is 18.2 Å². The number of rotatable bonds is 1. The predicted octanol–water partition coefficient (Wildman–Crippen LogP) is 1.43. The van der Waals surface area contributed by atoms with Crippen LogP contribution in [0, 0.1) is 11.8 Å². The van der Waals surface area contributed by atoms with Crippen molar-refractivity contribution in [2.45, 2.75) is 25.7 Å². The molecule has 0 N–H and O–H groups in total. The Morgan fingerprint density at radius 3 is 2.67 bits per heavy atom. The van der Waals surface area contributed by atoms with Crippen LogP contribution in [0.5, 0.6) is 0 Å². The molecular formula is C9H12N2O. The average Bonchev–Trinajstić information content (AvgIpc) is 2.57. The van der Waals surface area contributed by atoms with Crippen LogP contribution >= 0.6 is 0 Å². The zero-order chi connectivity index (χ0) is 8.39. The molecule has 0 aromatic carbocycles. The average molecular weight is 164 g/mol. The molecule has 3 heteroatoms. The first-order valence-electron chi connectivity index (χ1n) is 4.48. The highest BCUT2D eigenvalue weighted by Crippen LogP contribution is 2.31. The lowest BCUT2D eigenvalue weighted by Gasteiger charge is -2.16. The standard InChI is InChI=1S/C9H12N2O/c12-9-6-11-10-5-8(9)7-3-1-2-4-7/h5-8H,1-4H2. The van der Waals surface area contributed by atoms with E-state index in [1.54, 1.807) is 6.21 Å². The number of hydrogen-bond donors (Lipinski definition) is 0. The van der Waals surface area contributed by atoms with Crippen molar-refractivity contribution < 1.29 is 4.79 Å². The maximum absolute atomic E-state index is 11.3. The van der Waals surface area contributed by atoms with Gasteiger partial charge in [-0.25, -0.2) is 0 Å². The predicted molar refractivity (Wildman–Crippen MR) is 47.4 cm³/mol. The first-order valence-corrected chi connectivity index (χ1v) is 4.48. The van der Waals surface area contributed by atoms with E-state index in [2.05, 4.69) is 10.2 Å². The molecule has 0 saturated heterocycles. The molecular weight excluding hydrogens is 152 g/mol. The smallest absolute Gasteiger partial charge is 0.184 e. The summed E-state index contributed by atoms with van der Waals surface area (Å²) >= 11 is 0. The van der Waals surface area contributed by atoms with Crippen molar-refractivity contribution >= 4 is 18.2 Å². The zero-order valence-corrected chi connectivity index (χ0v) is 6.94. The van der Waals surface area contributed by atoms with E-state index >= 15 is 0 Å². The Morgan fingerprint density at radius 2 is 2.00 bits per heavy atom. The number of hydrogen-bond acceptors (Lipinski definition) is 3. The molecule has 2 aliphatic rings. The van der Waals surface area contributed by atoms with Gasteiger partial charge >= 0.3 is 0 Å². The van der Waals surface area contributed by atoms with Crippen LogP contribution < -0.4 is 0 Å². The molecule has 0 aromatic rings. The molecule has 64 valence electrons. The topological polar surface area (TPSA) is 41.8 Å². The highest BCUT2D eigenvalue weighted by atomic mass is 16.1. The van der Waals surface area contributed by atoms with Crippen molar-refractivity contribution in [1.82, 2.24) is 0 Å². The molecule has 2 rings (SSSR count). The highest BCUT2D eigenvalue weighted by molar-refractivity contribution is 6.32. The van der Waals surface area contributed by atoms with Crippen molar-refractivity contribution in [3.8, 4) is 0 Å². The van der Waals surface area contributed by atoms with Gasteiger partial charge in [0.05, 0.1) is 12.1 Å². The van der Waals surface area contributed by atoms with Crippen LogP contribution in [0.1, 0.15) is 25.7 Å². The molecule has 0 bridgehead atoms. The van der Waals surface area contributed by atoms with Gasteiger partial charge in [-0.05, 0) is 18.8 Å².